The molecule has 0 saturated heterocycles. The molecule has 1 heterocycles. The van der Waals surface area contributed by atoms with Gasteiger partial charge in [-0.1, -0.05) is 72.4 Å². The summed E-state index contributed by atoms with van der Waals surface area (Å²) in [6.07, 6.45) is 0. The predicted molar refractivity (Wildman–Crippen MR) is 96.4 cm³/mol. The van der Waals surface area contributed by atoms with Gasteiger partial charge in [-0.2, -0.15) is 0 Å². The SMILES string of the molecule is Cn1c(SCC(=O)c2ccccc2)nc(-c2ccccc2)cc1=O. The molecule has 3 aromatic rings. The molecule has 0 unspecified atom stereocenters. The summed E-state index contributed by atoms with van der Waals surface area (Å²) in [4.78, 5) is 28.9. The molecule has 0 atom stereocenters. The maximum atomic E-state index is 12.2. The van der Waals surface area contributed by atoms with Gasteiger partial charge in [-0.25, -0.2) is 4.98 Å². The van der Waals surface area contributed by atoms with Gasteiger partial charge in [0.1, 0.15) is 0 Å². The Bertz CT molecular complexity index is 906. The van der Waals surface area contributed by atoms with Gasteiger partial charge in [-0.3, -0.25) is 14.2 Å². The molecule has 0 aliphatic heterocycles. The minimum absolute atomic E-state index is 0.0139. The Balaban J connectivity index is 1.84. The summed E-state index contributed by atoms with van der Waals surface area (Å²) in [6, 6.07) is 20.2. The number of hydrogen-bond acceptors (Lipinski definition) is 4. The van der Waals surface area contributed by atoms with Crippen molar-refractivity contribution in [3.63, 3.8) is 0 Å². The van der Waals surface area contributed by atoms with Crippen molar-refractivity contribution in [2.24, 2.45) is 7.05 Å². The van der Waals surface area contributed by atoms with Crippen LogP contribution in [0.15, 0.2) is 76.7 Å². The highest BCUT2D eigenvalue weighted by molar-refractivity contribution is 7.99. The molecular weight excluding hydrogens is 320 g/mol. The summed E-state index contributed by atoms with van der Waals surface area (Å²) < 4.78 is 1.47. The van der Waals surface area contributed by atoms with Crippen LogP contribution in [0.1, 0.15) is 10.4 Å². The van der Waals surface area contributed by atoms with Crippen molar-refractivity contribution in [2.45, 2.75) is 5.16 Å². The first kappa shape index (κ1) is 16.2. The maximum Gasteiger partial charge on any atom is 0.254 e. The topological polar surface area (TPSA) is 52.0 Å². The van der Waals surface area contributed by atoms with Crippen molar-refractivity contribution in [3.05, 3.63) is 82.6 Å². The van der Waals surface area contributed by atoms with E-state index in [1.54, 1.807) is 19.2 Å². The van der Waals surface area contributed by atoms with Gasteiger partial charge in [0.25, 0.3) is 5.56 Å². The van der Waals surface area contributed by atoms with Crippen molar-refractivity contribution in [1.82, 2.24) is 9.55 Å². The number of nitrogens with zero attached hydrogens (tertiary/aromatic N) is 2. The number of aromatic nitrogens is 2. The lowest BCUT2D eigenvalue weighted by molar-refractivity contribution is 0.102. The maximum absolute atomic E-state index is 12.2. The number of carbonyl (C=O) groups excluding carboxylic acids is 1. The van der Waals surface area contributed by atoms with Gasteiger partial charge in [0.15, 0.2) is 10.9 Å². The Kier molecular flexibility index (Phi) is 4.91. The van der Waals surface area contributed by atoms with E-state index in [-0.39, 0.29) is 17.1 Å². The van der Waals surface area contributed by atoms with E-state index in [0.717, 1.165) is 5.56 Å². The van der Waals surface area contributed by atoms with Gasteiger partial charge in [-0.15, -0.1) is 0 Å². The molecule has 0 aliphatic rings. The molecule has 0 radical (unpaired) electrons. The van der Waals surface area contributed by atoms with Crippen molar-refractivity contribution in [1.29, 1.82) is 0 Å². The van der Waals surface area contributed by atoms with E-state index < -0.39 is 0 Å². The highest BCUT2D eigenvalue weighted by Crippen LogP contribution is 2.20. The van der Waals surface area contributed by atoms with Crippen LogP contribution in [0.4, 0.5) is 0 Å². The molecule has 0 bridgehead atoms. The lowest BCUT2D eigenvalue weighted by Gasteiger charge is -2.09. The number of benzene rings is 2. The minimum Gasteiger partial charge on any atom is -0.293 e. The second-order valence-corrected chi connectivity index (χ2v) is 6.21. The first-order valence-corrected chi connectivity index (χ1v) is 8.48. The van der Waals surface area contributed by atoms with Gasteiger partial charge in [0.2, 0.25) is 0 Å². The third kappa shape index (κ3) is 3.63. The summed E-state index contributed by atoms with van der Waals surface area (Å²) in [6.45, 7) is 0. The predicted octanol–water partition coefficient (Wildman–Crippen LogP) is 3.42. The van der Waals surface area contributed by atoms with Crippen molar-refractivity contribution in [2.75, 3.05) is 5.75 Å². The van der Waals surface area contributed by atoms with Crippen LogP contribution in [0, 0.1) is 0 Å². The van der Waals surface area contributed by atoms with Crippen LogP contribution in [-0.2, 0) is 7.05 Å². The first-order chi connectivity index (χ1) is 11.6. The number of hydrogen-bond donors (Lipinski definition) is 0. The monoisotopic (exact) mass is 336 g/mol. The smallest absolute Gasteiger partial charge is 0.254 e. The van der Waals surface area contributed by atoms with Crippen LogP contribution in [0.5, 0.6) is 0 Å². The molecule has 0 fully saturated rings. The first-order valence-electron chi connectivity index (χ1n) is 7.49. The lowest BCUT2D eigenvalue weighted by Crippen LogP contribution is -2.19. The average molecular weight is 336 g/mol. The summed E-state index contributed by atoms with van der Waals surface area (Å²) in [7, 11) is 1.67. The number of ketones is 1. The van der Waals surface area contributed by atoms with E-state index in [0.29, 0.717) is 16.4 Å². The summed E-state index contributed by atoms with van der Waals surface area (Å²) in [5, 5.41) is 0.533. The van der Waals surface area contributed by atoms with E-state index >= 15 is 0 Å². The number of Topliss-reactive ketones (excluding diaryl/α,β-unsaturated/α-hetero) is 1. The third-order valence-corrected chi connectivity index (χ3v) is 4.62. The Morgan fingerprint density at radius 2 is 1.67 bits per heavy atom. The summed E-state index contributed by atoms with van der Waals surface area (Å²) >= 11 is 1.28. The number of rotatable bonds is 5. The quantitative estimate of drug-likeness (QED) is 0.407. The van der Waals surface area contributed by atoms with Gasteiger partial charge in [0.05, 0.1) is 11.4 Å². The second-order valence-electron chi connectivity index (χ2n) is 5.27. The van der Waals surface area contributed by atoms with Gasteiger partial charge >= 0.3 is 0 Å². The molecule has 24 heavy (non-hydrogen) atoms. The van der Waals surface area contributed by atoms with Crippen LogP contribution < -0.4 is 5.56 Å². The highest BCUT2D eigenvalue weighted by Gasteiger charge is 2.11. The van der Waals surface area contributed by atoms with Gasteiger partial charge in [-0.05, 0) is 0 Å². The molecule has 5 heteroatoms. The molecule has 2 aromatic carbocycles. The van der Waals surface area contributed by atoms with Crippen molar-refractivity contribution in [3.8, 4) is 11.3 Å². The summed E-state index contributed by atoms with van der Waals surface area (Å²) in [5.74, 6) is 0.252. The largest absolute Gasteiger partial charge is 0.293 e. The standard InChI is InChI=1S/C19H16N2O2S/c1-21-18(23)12-16(14-8-4-2-5-9-14)20-19(21)24-13-17(22)15-10-6-3-7-11-15/h2-12H,13H2,1H3. The van der Waals surface area contributed by atoms with Crippen molar-refractivity contribution < 1.29 is 4.79 Å². The van der Waals surface area contributed by atoms with Crippen LogP contribution in [0.3, 0.4) is 0 Å². The summed E-state index contributed by atoms with van der Waals surface area (Å²) in [5.41, 5.74) is 2.02. The third-order valence-electron chi connectivity index (χ3n) is 3.59. The number of thioether (sulfide) groups is 1. The second kappa shape index (κ2) is 7.27. The number of carbonyl (C=O) groups is 1. The van der Waals surface area contributed by atoms with Gasteiger partial charge < -0.3 is 0 Å². The Morgan fingerprint density at radius 3 is 2.33 bits per heavy atom. The fourth-order valence-corrected chi connectivity index (χ4v) is 3.12. The molecule has 0 spiro atoms. The van der Waals surface area contributed by atoms with Crippen LogP contribution in [0.2, 0.25) is 0 Å². The van der Waals surface area contributed by atoms with E-state index in [1.807, 2.05) is 48.5 Å². The normalized spacial score (nSPS) is 10.5. The zero-order valence-corrected chi connectivity index (χ0v) is 14.0. The van der Waals surface area contributed by atoms with Crippen LogP contribution in [0.25, 0.3) is 11.3 Å². The minimum atomic E-state index is -0.140. The van der Waals surface area contributed by atoms with E-state index in [1.165, 1.54) is 22.4 Å². The Morgan fingerprint density at radius 1 is 1.04 bits per heavy atom. The molecule has 0 amide bonds. The Labute approximate surface area is 144 Å². The lowest BCUT2D eigenvalue weighted by atomic mass is 10.1. The van der Waals surface area contributed by atoms with Crippen LogP contribution in [-0.4, -0.2) is 21.1 Å². The Hall–Kier alpha value is -2.66. The van der Waals surface area contributed by atoms with Crippen LogP contribution >= 0.6 is 11.8 Å². The average Bonchev–Trinajstić information content (AvgIpc) is 2.64. The molecule has 0 saturated carbocycles. The molecule has 0 aliphatic carbocycles. The molecule has 120 valence electrons. The molecule has 3 rings (SSSR count). The molecular formula is C19H16N2O2S. The zero-order chi connectivity index (χ0) is 16.9. The van der Waals surface area contributed by atoms with E-state index in [4.69, 9.17) is 0 Å². The van der Waals surface area contributed by atoms with Crippen molar-refractivity contribution >= 4 is 17.5 Å². The molecule has 1 aromatic heterocycles. The van der Waals surface area contributed by atoms with E-state index in [9.17, 15) is 9.59 Å². The molecule has 4 nitrogen and oxygen atoms in total. The molecule has 0 N–H and O–H groups in total. The van der Waals surface area contributed by atoms with Gasteiger partial charge in [0, 0.05) is 24.2 Å². The fourth-order valence-electron chi connectivity index (χ4n) is 2.24. The van der Waals surface area contributed by atoms with E-state index in [2.05, 4.69) is 4.98 Å². The highest BCUT2D eigenvalue weighted by atomic mass is 32.2. The zero-order valence-electron chi connectivity index (χ0n) is 13.2. The fraction of sp³-hybridized carbons (Fsp3) is 0.105.